The molecule has 1 fully saturated rings. The van der Waals surface area contributed by atoms with E-state index in [0.717, 1.165) is 37.3 Å². The van der Waals surface area contributed by atoms with E-state index in [4.69, 9.17) is 4.74 Å². The minimum absolute atomic E-state index is 0.132. The molecule has 0 aliphatic heterocycles. The number of carbonyl (C=O) groups excluding carboxylic acids is 1. The van der Waals surface area contributed by atoms with Gasteiger partial charge in [-0.2, -0.15) is 0 Å². The summed E-state index contributed by atoms with van der Waals surface area (Å²) < 4.78 is 7.27. The molecule has 0 amide bonds. The monoisotopic (exact) mass is 265 g/mol. The fourth-order valence-electron chi connectivity index (χ4n) is 2.94. The minimum atomic E-state index is -0.595. The first-order valence-electron chi connectivity index (χ1n) is 7.15. The summed E-state index contributed by atoms with van der Waals surface area (Å²) in [6.45, 7) is 4.17. The molecular formula is C14H23N3O2. The van der Waals surface area contributed by atoms with Gasteiger partial charge in [0, 0.05) is 7.05 Å². The molecule has 1 aliphatic rings. The van der Waals surface area contributed by atoms with E-state index >= 15 is 0 Å². The third kappa shape index (κ3) is 2.51. The lowest BCUT2D eigenvalue weighted by atomic mass is 9.79. The van der Waals surface area contributed by atoms with Gasteiger partial charge in [0.15, 0.2) is 0 Å². The Bertz CT molecular complexity index is 446. The lowest BCUT2D eigenvalue weighted by molar-refractivity contribution is -0.151. The molecule has 19 heavy (non-hydrogen) atoms. The van der Waals surface area contributed by atoms with Crippen LogP contribution in [0.15, 0.2) is 0 Å². The second-order valence-electron chi connectivity index (χ2n) is 5.35. The van der Waals surface area contributed by atoms with Crippen LogP contribution < -0.4 is 0 Å². The lowest BCUT2D eigenvalue weighted by Crippen LogP contribution is -2.39. The molecule has 0 aromatic carbocycles. The van der Waals surface area contributed by atoms with Gasteiger partial charge in [-0.15, -0.1) is 10.2 Å². The number of nitrogens with zero attached hydrogens (tertiary/aromatic N) is 3. The quantitative estimate of drug-likeness (QED) is 0.621. The predicted octanol–water partition coefficient (Wildman–Crippen LogP) is 2.28. The number of aryl methyl sites for hydroxylation is 1. The van der Waals surface area contributed by atoms with Crippen molar-refractivity contribution in [3.63, 3.8) is 0 Å². The fourth-order valence-corrected chi connectivity index (χ4v) is 2.94. The van der Waals surface area contributed by atoms with Crippen molar-refractivity contribution in [1.82, 2.24) is 14.8 Å². The zero-order valence-corrected chi connectivity index (χ0v) is 12.1. The molecule has 5 nitrogen and oxygen atoms in total. The smallest absolute Gasteiger partial charge is 0.319 e. The normalized spacial score (nSPS) is 18.9. The Morgan fingerprint density at radius 2 is 1.89 bits per heavy atom. The maximum atomic E-state index is 12.5. The van der Waals surface area contributed by atoms with Gasteiger partial charge >= 0.3 is 5.97 Å². The Kier molecular flexibility index (Phi) is 4.22. The van der Waals surface area contributed by atoms with Gasteiger partial charge in [0.1, 0.15) is 17.1 Å². The standard InChI is InChI=1S/C14H23N3O2/c1-4-19-13(18)14(9-7-5-6-8-10-14)12-16-15-11(2)17(12)3/h4-10H2,1-3H3. The highest BCUT2D eigenvalue weighted by atomic mass is 16.5. The Balaban J connectivity index is 2.43. The molecule has 1 aliphatic carbocycles. The zero-order chi connectivity index (χ0) is 13.9. The maximum absolute atomic E-state index is 12.5. The molecule has 1 aromatic heterocycles. The Hall–Kier alpha value is -1.39. The van der Waals surface area contributed by atoms with Crippen LogP contribution in [0, 0.1) is 6.92 Å². The van der Waals surface area contributed by atoms with E-state index in [1.165, 1.54) is 12.8 Å². The van der Waals surface area contributed by atoms with Crippen molar-refractivity contribution in [1.29, 1.82) is 0 Å². The van der Waals surface area contributed by atoms with Gasteiger partial charge < -0.3 is 9.30 Å². The van der Waals surface area contributed by atoms with E-state index in [1.54, 1.807) is 0 Å². The molecule has 0 radical (unpaired) electrons. The molecule has 0 unspecified atom stereocenters. The highest BCUT2D eigenvalue weighted by molar-refractivity contribution is 5.82. The predicted molar refractivity (Wildman–Crippen MR) is 71.8 cm³/mol. The van der Waals surface area contributed by atoms with Gasteiger partial charge in [-0.05, 0) is 26.7 Å². The van der Waals surface area contributed by atoms with Crippen LogP contribution >= 0.6 is 0 Å². The SMILES string of the molecule is CCOC(=O)C1(c2nnc(C)n2C)CCCCCC1. The highest BCUT2D eigenvalue weighted by Gasteiger charge is 2.45. The van der Waals surface area contributed by atoms with E-state index in [0.29, 0.717) is 6.61 Å². The first-order valence-corrected chi connectivity index (χ1v) is 7.15. The van der Waals surface area contributed by atoms with Crippen LogP contribution in [0.2, 0.25) is 0 Å². The number of aromatic nitrogens is 3. The third-order valence-electron chi connectivity index (χ3n) is 4.14. The molecule has 0 N–H and O–H groups in total. The summed E-state index contributed by atoms with van der Waals surface area (Å²) >= 11 is 0. The third-order valence-corrected chi connectivity index (χ3v) is 4.14. The maximum Gasteiger partial charge on any atom is 0.319 e. The van der Waals surface area contributed by atoms with Gasteiger partial charge in [0.25, 0.3) is 0 Å². The number of ether oxygens (including phenoxy) is 1. The van der Waals surface area contributed by atoms with Crippen molar-refractivity contribution < 1.29 is 9.53 Å². The van der Waals surface area contributed by atoms with Crippen molar-refractivity contribution in [3.8, 4) is 0 Å². The van der Waals surface area contributed by atoms with E-state index < -0.39 is 5.41 Å². The summed E-state index contributed by atoms with van der Waals surface area (Å²) in [5.74, 6) is 1.47. The van der Waals surface area contributed by atoms with Crippen LogP contribution in [0.4, 0.5) is 0 Å². The van der Waals surface area contributed by atoms with E-state index in [1.807, 2.05) is 25.5 Å². The summed E-state index contributed by atoms with van der Waals surface area (Å²) in [5.41, 5.74) is -0.595. The average Bonchev–Trinajstić information content (AvgIpc) is 2.63. The van der Waals surface area contributed by atoms with Gasteiger partial charge in [0.05, 0.1) is 6.61 Å². The number of carbonyl (C=O) groups is 1. The summed E-state index contributed by atoms with van der Waals surface area (Å²) in [7, 11) is 1.93. The van der Waals surface area contributed by atoms with Crippen LogP contribution in [0.25, 0.3) is 0 Å². The molecule has 2 rings (SSSR count). The van der Waals surface area contributed by atoms with Crippen molar-refractivity contribution in [2.45, 2.75) is 57.8 Å². The Morgan fingerprint density at radius 3 is 2.37 bits per heavy atom. The fraction of sp³-hybridized carbons (Fsp3) is 0.786. The average molecular weight is 265 g/mol. The van der Waals surface area contributed by atoms with Gasteiger partial charge in [-0.1, -0.05) is 25.7 Å². The zero-order valence-electron chi connectivity index (χ0n) is 12.1. The summed E-state index contributed by atoms with van der Waals surface area (Å²) in [6, 6.07) is 0. The topological polar surface area (TPSA) is 57.0 Å². The number of hydrogen-bond acceptors (Lipinski definition) is 4. The minimum Gasteiger partial charge on any atom is -0.465 e. The summed E-state index contributed by atoms with van der Waals surface area (Å²) in [6.07, 6.45) is 6.08. The van der Waals surface area contributed by atoms with Crippen LogP contribution in [0.3, 0.4) is 0 Å². The first-order chi connectivity index (χ1) is 9.12. The molecule has 0 saturated heterocycles. The van der Waals surface area contributed by atoms with Crippen molar-refractivity contribution >= 4 is 5.97 Å². The van der Waals surface area contributed by atoms with Crippen molar-refractivity contribution in [2.75, 3.05) is 6.61 Å². The van der Waals surface area contributed by atoms with Crippen molar-refractivity contribution in [2.24, 2.45) is 7.05 Å². The van der Waals surface area contributed by atoms with Gasteiger partial charge in [0.2, 0.25) is 0 Å². The molecular weight excluding hydrogens is 242 g/mol. The number of hydrogen-bond donors (Lipinski definition) is 0. The molecule has 1 aromatic rings. The molecule has 5 heteroatoms. The second-order valence-corrected chi connectivity index (χ2v) is 5.35. The highest BCUT2D eigenvalue weighted by Crippen LogP contribution is 2.38. The largest absolute Gasteiger partial charge is 0.465 e. The van der Waals surface area contributed by atoms with Crippen LogP contribution in [-0.2, 0) is 22.0 Å². The molecule has 1 saturated carbocycles. The van der Waals surface area contributed by atoms with Crippen LogP contribution in [0.5, 0.6) is 0 Å². The van der Waals surface area contributed by atoms with E-state index in [-0.39, 0.29) is 5.97 Å². The number of esters is 1. The summed E-state index contributed by atoms with van der Waals surface area (Å²) in [5, 5.41) is 8.38. The first kappa shape index (κ1) is 14.0. The Morgan fingerprint density at radius 1 is 1.26 bits per heavy atom. The van der Waals surface area contributed by atoms with Crippen molar-refractivity contribution in [3.05, 3.63) is 11.6 Å². The number of rotatable bonds is 3. The molecule has 106 valence electrons. The molecule has 1 heterocycles. The second kappa shape index (κ2) is 5.72. The van der Waals surface area contributed by atoms with Gasteiger partial charge in [-0.25, -0.2) is 0 Å². The molecule has 0 bridgehead atoms. The summed E-state index contributed by atoms with van der Waals surface area (Å²) in [4.78, 5) is 12.5. The molecule has 0 spiro atoms. The van der Waals surface area contributed by atoms with Gasteiger partial charge in [-0.3, -0.25) is 4.79 Å². The van der Waals surface area contributed by atoms with Crippen LogP contribution in [0.1, 0.15) is 57.1 Å². The van der Waals surface area contributed by atoms with E-state index in [2.05, 4.69) is 10.2 Å². The van der Waals surface area contributed by atoms with E-state index in [9.17, 15) is 4.79 Å². The lowest BCUT2D eigenvalue weighted by Gasteiger charge is -2.29. The Labute approximate surface area is 114 Å². The van der Waals surface area contributed by atoms with Crippen LogP contribution in [-0.4, -0.2) is 27.3 Å². The molecule has 0 atom stereocenters.